The molecule has 1 unspecified atom stereocenters. The number of rotatable bonds is 5. The van der Waals surface area contributed by atoms with Crippen LogP contribution in [-0.2, 0) is 9.53 Å². The molecule has 0 radical (unpaired) electrons. The summed E-state index contributed by atoms with van der Waals surface area (Å²) in [6.07, 6.45) is 6.57. The van der Waals surface area contributed by atoms with E-state index in [1.165, 1.54) is 6.33 Å². The van der Waals surface area contributed by atoms with Gasteiger partial charge in [-0.05, 0) is 31.9 Å². The van der Waals surface area contributed by atoms with E-state index in [1.54, 1.807) is 12.4 Å². The van der Waals surface area contributed by atoms with Gasteiger partial charge in [-0.15, -0.1) is 0 Å². The molecule has 1 fully saturated rings. The number of nitrogens with two attached hydrogens (primary N) is 1. The molecule has 0 aromatic carbocycles. The number of piperidine rings is 1. The SMILES string of the molecule is CCOC(=O)C1CCCN(c2ncnc(Nc3cccnc3)c2N)C1. The molecule has 3 N–H and O–H groups in total. The summed E-state index contributed by atoms with van der Waals surface area (Å²) in [6.45, 7) is 3.55. The molecule has 1 aliphatic heterocycles. The minimum atomic E-state index is -0.159. The van der Waals surface area contributed by atoms with Crippen molar-refractivity contribution in [3.8, 4) is 0 Å². The summed E-state index contributed by atoms with van der Waals surface area (Å²) in [5.41, 5.74) is 7.52. The fourth-order valence-corrected chi connectivity index (χ4v) is 2.93. The first-order valence-corrected chi connectivity index (χ1v) is 8.38. The predicted molar refractivity (Wildman–Crippen MR) is 95.5 cm³/mol. The molecular formula is C17H22N6O2. The fraction of sp³-hybridized carbons (Fsp3) is 0.412. The van der Waals surface area contributed by atoms with E-state index in [0.717, 1.165) is 25.1 Å². The minimum absolute atomic E-state index is 0.155. The number of hydrogen-bond acceptors (Lipinski definition) is 8. The summed E-state index contributed by atoms with van der Waals surface area (Å²) in [6, 6.07) is 3.71. The molecule has 8 nitrogen and oxygen atoms in total. The molecule has 3 heterocycles. The molecule has 3 rings (SSSR count). The van der Waals surface area contributed by atoms with Gasteiger partial charge in [-0.2, -0.15) is 0 Å². The number of nitrogens with one attached hydrogen (secondary N) is 1. The zero-order valence-corrected chi connectivity index (χ0v) is 14.2. The van der Waals surface area contributed by atoms with Gasteiger partial charge in [0.15, 0.2) is 11.6 Å². The van der Waals surface area contributed by atoms with Crippen LogP contribution >= 0.6 is 0 Å². The topological polar surface area (TPSA) is 106 Å². The van der Waals surface area contributed by atoms with Crippen molar-refractivity contribution >= 4 is 29.0 Å². The molecule has 1 aliphatic rings. The minimum Gasteiger partial charge on any atom is -0.466 e. The van der Waals surface area contributed by atoms with Crippen LogP contribution in [0, 0.1) is 5.92 Å². The molecule has 0 amide bonds. The molecular weight excluding hydrogens is 320 g/mol. The van der Waals surface area contributed by atoms with E-state index in [9.17, 15) is 4.79 Å². The van der Waals surface area contributed by atoms with Crippen molar-refractivity contribution in [2.75, 3.05) is 35.6 Å². The molecule has 2 aromatic rings. The van der Waals surface area contributed by atoms with Crippen LogP contribution < -0.4 is 16.0 Å². The number of carbonyl (C=O) groups is 1. The molecule has 1 atom stereocenters. The highest BCUT2D eigenvalue weighted by atomic mass is 16.5. The van der Waals surface area contributed by atoms with Crippen LogP contribution in [0.3, 0.4) is 0 Å². The second-order valence-electron chi connectivity index (χ2n) is 5.86. The lowest BCUT2D eigenvalue weighted by atomic mass is 9.98. The Bertz CT molecular complexity index is 724. The Morgan fingerprint density at radius 3 is 3.12 bits per heavy atom. The summed E-state index contributed by atoms with van der Waals surface area (Å²) < 4.78 is 5.15. The highest BCUT2D eigenvalue weighted by Gasteiger charge is 2.29. The lowest BCUT2D eigenvalue weighted by Gasteiger charge is -2.33. The summed E-state index contributed by atoms with van der Waals surface area (Å²) in [5, 5.41) is 3.15. The second-order valence-corrected chi connectivity index (χ2v) is 5.86. The number of ether oxygens (including phenoxy) is 1. The van der Waals surface area contributed by atoms with Gasteiger partial charge in [0, 0.05) is 19.3 Å². The van der Waals surface area contributed by atoms with Gasteiger partial charge in [0.1, 0.15) is 12.0 Å². The van der Waals surface area contributed by atoms with Gasteiger partial charge in [0.2, 0.25) is 0 Å². The average molecular weight is 342 g/mol. The van der Waals surface area contributed by atoms with Gasteiger partial charge in [-0.3, -0.25) is 9.78 Å². The van der Waals surface area contributed by atoms with Gasteiger partial charge in [0.05, 0.1) is 24.4 Å². The molecule has 132 valence electrons. The zero-order valence-electron chi connectivity index (χ0n) is 14.2. The van der Waals surface area contributed by atoms with Crippen LogP contribution in [0.1, 0.15) is 19.8 Å². The lowest BCUT2D eigenvalue weighted by molar-refractivity contribution is -0.148. The third-order valence-corrected chi connectivity index (χ3v) is 4.13. The normalized spacial score (nSPS) is 17.2. The Hall–Kier alpha value is -2.90. The van der Waals surface area contributed by atoms with Crippen LogP contribution in [0.15, 0.2) is 30.9 Å². The van der Waals surface area contributed by atoms with Crippen LogP contribution in [0.5, 0.6) is 0 Å². The van der Waals surface area contributed by atoms with E-state index >= 15 is 0 Å². The average Bonchev–Trinajstić information content (AvgIpc) is 2.65. The zero-order chi connectivity index (χ0) is 17.6. The van der Waals surface area contributed by atoms with Crippen LogP contribution in [0.4, 0.5) is 23.0 Å². The largest absolute Gasteiger partial charge is 0.466 e. The van der Waals surface area contributed by atoms with Gasteiger partial charge in [-0.1, -0.05) is 0 Å². The highest BCUT2D eigenvalue weighted by Crippen LogP contribution is 2.31. The number of pyridine rings is 1. The molecule has 2 aromatic heterocycles. The number of anilines is 4. The van der Waals surface area contributed by atoms with E-state index < -0.39 is 0 Å². The van der Waals surface area contributed by atoms with Crippen molar-refractivity contribution in [1.29, 1.82) is 0 Å². The highest BCUT2D eigenvalue weighted by molar-refractivity contribution is 5.79. The molecule has 0 bridgehead atoms. The Kier molecular flexibility index (Phi) is 5.27. The maximum atomic E-state index is 12.0. The number of nitrogens with zero attached hydrogens (tertiary/aromatic N) is 4. The summed E-state index contributed by atoms with van der Waals surface area (Å²) in [5.74, 6) is 0.845. The van der Waals surface area contributed by atoms with Crippen molar-refractivity contribution in [1.82, 2.24) is 15.0 Å². The number of hydrogen-bond donors (Lipinski definition) is 2. The first-order chi connectivity index (χ1) is 12.2. The summed E-state index contributed by atoms with van der Waals surface area (Å²) in [4.78, 5) is 26.7. The first kappa shape index (κ1) is 16.9. The Morgan fingerprint density at radius 2 is 2.36 bits per heavy atom. The third kappa shape index (κ3) is 3.96. The Labute approximate surface area is 146 Å². The maximum absolute atomic E-state index is 12.0. The van der Waals surface area contributed by atoms with Crippen molar-refractivity contribution in [2.45, 2.75) is 19.8 Å². The van der Waals surface area contributed by atoms with Crippen LogP contribution in [-0.4, -0.2) is 40.6 Å². The van der Waals surface area contributed by atoms with Crippen molar-refractivity contribution < 1.29 is 9.53 Å². The van der Waals surface area contributed by atoms with E-state index in [-0.39, 0.29) is 11.9 Å². The quantitative estimate of drug-likeness (QED) is 0.795. The van der Waals surface area contributed by atoms with Crippen molar-refractivity contribution in [3.05, 3.63) is 30.9 Å². The summed E-state index contributed by atoms with van der Waals surface area (Å²) in [7, 11) is 0. The molecule has 8 heteroatoms. The Morgan fingerprint density at radius 1 is 1.48 bits per heavy atom. The second kappa shape index (κ2) is 7.78. The van der Waals surface area contributed by atoms with E-state index in [4.69, 9.17) is 10.5 Å². The molecule has 0 saturated carbocycles. The predicted octanol–water partition coefficient (Wildman–Crippen LogP) is 1.98. The molecule has 25 heavy (non-hydrogen) atoms. The van der Waals surface area contributed by atoms with Gasteiger partial charge in [-0.25, -0.2) is 9.97 Å². The fourth-order valence-electron chi connectivity index (χ4n) is 2.93. The maximum Gasteiger partial charge on any atom is 0.310 e. The molecule has 0 spiro atoms. The smallest absolute Gasteiger partial charge is 0.310 e. The monoisotopic (exact) mass is 342 g/mol. The van der Waals surface area contributed by atoms with Crippen molar-refractivity contribution in [2.24, 2.45) is 5.92 Å². The van der Waals surface area contributed by atoms with Crippen LogP contribution in [0.25, 0.3) is 0 Å². The van der Waals surface area contributed by atoms with E-state index in [2.05, 4.69) is 20.3 Å². The van der Waals surface area contributed by atoms with E-state index in [1.807, 2.05) is 24.0 Å². The number of nitrogen functional groups attached to an aromatic ring is 1. The number of esters is 1. The van der Waals surface area contributed by atoms with Gasteiger partial charge in [0.25, 0.3) is 0 Å². The number of carbonyl (C=O) groups excluding carboxylic acids is 1. The number of aromatic nitrogens is 3. The Balaban J connectivity index is 1.78. The standard InChI is InChI=1S/C17H22N6O2/c1-2-25-17(24)12-5-4-8-23(10-12)16-14(18)15(20-11-21-16)22-13-6-3-7-19-9-13/h3,6-7,9,11-12H,2,4-5,8,10,18H2,1H3,(H,20,21,22). The molecule has 1 saturated heterocycles. The first-order valence-electron chi connectivity index (χ1n) is 8.38. The molecule has 0 aliphatic carbocycles. The van der Waals surface area contributed by atoms with Crippen LogP contribution in [0.2, 0.25) is 0 Å². The van der Waals surface area contributed by atoms with Crippen molar-refractivity contribution in [3.63, 3.8) is 0 Å². The van der Waals surface area contributed by atoms with Gasteiger partial charge < -0.3 is 20.7 Å². The third-order valence-electron chi connectivity index (χ3n) is 4.13. The summed E-state index contributed by atoms with van der Waals surface area (Å²) >= 11 is 0. The van der Waals surface area contributed by atoms with E-state index in [0.29, 0.717) is 30.5 Å². The van der Waals surface area contributed by atoms with Gasteiger partial charge >= 0.3 is 5.97 Å². The lowest BCUT2D eigenvalue weighted by Crippen LogP contribution is -2.40.